The van der Waals surface area contributed by atoms with Crippen LogP contribution in [0.4, 0.5) is 5.95 Å². The number of hydrogen-bond acceptors (Lipinski definition) is 5. The zero-order chi connectivity index (χ0) is 16.5. The third-order valence-electron chi connectivity index (χ3n) is 4.33. The molecule has 1 atom stereocenters. The zero-order valence-electron chi connectivity index (χ0n) is 13.9. The van der Waals surface area contributed by atoms with Crippen LogP contribution in [0, 0.1) is 13.8 Å². The molecule has 0 amide bonds. The van der Waals surface area contributed by atoms with Crippen LogP contribution in [-0.4, -0.2) is 31.7 Å². The number of nitrogens with zero attached hydrogens (tertiary/aromatic N) is 5. The first-order chi connectivity index (χ1) is 11.7. The van der Waals surface area contributed by atoms with Crippen molar-refractivity contribution in [1.29, 1.82) is 0 Å². The maximum absolute atomic E-state index is 4.72. The van der Waals surface area contributed by atoms with Crippen molar-refractivity contribution in [2.75, 3.05) is 11.4 Å². The molecular weight excluding hydrogens is 300 g/mol. The van der Waals surface area contributed by atoms with E-state index in [2.05, 4.69) is 25.1 Å². The minimum Gasteiger partial charge on any atom is -0.331 e. The van der Waals surface area contributed by atoms with Crippen molar-refractivity contribution in [3.8, 4) is 11.4 Å². The van der Waals surface area contributed by atoms with Crippen LogP contribution in [0.3, 0.4) is 0 Å². The zero-order valence-corrected chi connectivity index (χ0v) is 13.9. The fraction of sp³-hybridized carbons (Fsp3) is 0.333. The van der Waals surface area contributed by atoms with Crippen LogP contribution >= 0.6 is 0 Å². The Hall–Kier alpha value is -2.76. The van der Waals surface area contributed by atoms with Gasteiger partial charge < -0.3 is 4.90 Å². The number of anilines is 1. The number of benzene rings is 1. The Bertz CT molecular complexity index is 821. The Balaban J connectivity index is 1.65. The average Bonchev–Trinajstić information content (AvgIpc) is 3.24. The molecule has 24 heavy (non-hydrogen) atoms. The Labute approximate surface area is 141 Å². The van der Waals surface area contributed by atoms with E-state index in [0.29, 0.717) is 0 Å². The fourth-order valence-electron chi connectivity index (χ4n) is 3.27. The van der Waals surface area contributed by atoms with Gasteiger partial charge in [0.1, 0.15) is 5.82 Å². The van der Waals surface area contributed by atoms with Crippen molar-refractivity contribution in [2.24, 2.45) is 0 Å². The summed E-state index contributed by atoms with van der Waals surface area (Å²) in [5.41, 5.74) is 3.00. The lowest BCUT2D eigenvalue weighted by molar-refractivity contribution is 0.655. The van der Waals surface area contributed by atoms with Gasteiger partial charge in [-0.1, -0.05) is 30.3 Å². The Kier molecular flexibility index (Phi) is 3.72. The van der Waals surface area contributed by atoms with Crippen molar-refractivity contribution >= 4 is 5.95 Å². The second-order valence-corrected chi connectivity index (χ2v) is 6.21. The van der Waals surface area contributed by atoms with Crippen molar-refractivity contribution in [2.45, 2.75) is 32.7 Å². The van der Waals surface area contributed by atoms with Crippen molar-refractivity contribution in [3.05, 3.63) is 53.6 Å². The van der Waals surface area contributed by atoms with Gasteiger partial charge in [0.05, 0.1) is 6.04 Å². The van der Waals surface area contributed by atoms with Crippen molar-refractivity contribution < 1.29 is 0 Å². The van der Waals surface area contributed by atoms with Gasteiger partial charge >= 0.3 is 0 Å². The summed E-state index contributed by atoms with van der Waals surface area (Å²) < 4.78 is 0. The van der Waals surface area contributed by atoms with E-state index < -0.39 is 0 Å². The molecule has 0 aliphatic carbocycles. The van der Waals surface area contributed by atoms with Gasteiger partial charge in [0.15, 0.2) is 5.82 Å². The first-order valence-electron chi connectivity index (χ1n) is 8.27. The van der Waals surface area contributed by atoms with Crippen LogP contribution in [0.2, 0.25) is 0 Å². The van der Waals surface area contributed by atoms with E-state index in [-0.39, 0.29) is 6.04 Å². The monoisotopic (exact) mass is 320 g/mol. The third kappa shape index (κ3) is 2.75. The number of aryl methyl sites for hydroxylation is 2. The van der Waals surface area contributed by atoms with Gasteiger partial charge in [-0.2, -0.15) is 5.10 Å². The molecule has 1 aliphatic heterocycles. The molecule has 0 bridgehead atoms. The summed E-state index contributed by atoms with van der Waals surface area (Å²) in [7, 11) is 0. The van der Waals surface area contributed by atoms with E-state index in [1.807, 2.05) is 50.2 Å². The molecule has 3 aromatic rings. The standard InChI is InChI=1S/C18H20N6/c1-12-11-13(2)20-18(19-12)24-10-6-9-15(24)17-21-16(22-23-17)14-7-4-3-5-8-14/h3-5,7-8,11,15H,6,9-10H2,1-2H3,(H,21,22,23). The van der Waals surface area contributed by atoms with Gasteiger partial charge in [-0.3, -0.25) is 5.10 Å². The van der Waals surface area contributed by atoms with E-state index in [0.717, 1.165) is 53.9 Å². The van der Waals surface area contributed by atoms with Crippen molar-refractivity contribution in [1.82, 2.24) is 25.1 Å². The van der Waals surface area contributed by atoms with Crippen LogP contribution in [0.25, 0.3) is 11.4 Å². The molecule has 122 valence electrons. The summed E-state index contributed by atoms with van der Waals surface area (Å²) in [6.07, 6.45) is 2.13. The first-order valence-corrected chi connectivity index (χ1v) is 8.27. The molecule has 1 N–H and O–H groups in total. The molecule has 1 saturated heterocycles. The molecule has 6 nitrogen and oxygen atoms in total. The maximum atomic E-state index is 4.72. The molecule has 1 fully saturated rings. The number of rotatable bonds is 3. The van der Waals surface area contributed by atoms with Gasteiger partial charge in [0.25, 0.3) is 0 Å². The minimum atomic E-state index is 0.149. The SMILES string of the molecule is Cc1cc(C)nc(N2CCCC2c2nc(-c3ccccc3)n[nH]2)n1. The van der Waals surface area contributed by atoms with Gasteiger partial charge in [-0.05, 0) is 32.8 Å². The van der Waals surface area contributed by atoms with E-state index in [9.17, 15) is 0 Å². The van der Waals surface area contributed by atoms with E-state index in [1.165, 1.54) is 0 Å². The highest BCUT2D eigenvalue weighted by atomic mass is 15.3. The third-order valence-corrected chi connectivity index (χ3v) is 4.33. The Morgan fingerprint density at radius 2 is 1.79 bits per heavy atom. The molecule has 0 spiro atoms. The molecule has 0 saturated carbocycles. The number of H-pyrrole nitrogens is 1. The summed E-state index contributed by atoms with van der Waals surface area (Å²) in [5.74, 6) is 2.40. The topological polar surface area (TPSA) is 70.6 Å². The molecule has 1 aromatic carbocycles. The highest BCUT2D eigenvalue weighted by molar-refractivity contribution is 5.54. The van der Waals surface area contributed by atoms with Crippen LogP contribution in [-0.2, 0) is 0 Å². The maximum Gasteiger partial charge on any atom is 0.226 e. The molecule has 1 unspecified atom stereocenters. The summed E-state index contributed by atoms with van der Waals surface area (Å²) in [6.45, 7) is 4.95. The smallest absolute Gasteiger partial charge is 0.226 e. The van der Waals surface area contributed by atoms with E-state index in [4.69, 9.17) is 4.98 Å². The minimum absolute atomic E-state index is 0.149. The second-order valence-electron chi connectivity index (χ2n) is 6.21. The van der Waals surface area contributed by atoms with Gasteiger partial charge in [-0.15, -0.1) is 0 Å². The lowest BCUT2D eigenvalue weighted by Gasteiger charge is -2.23. The highest BCUT2D eigenvalue weighted by Crippen LogP contribution is 2.33. The lowest BCUT2D eigenvalue weighted by Crippen LogP contribution is -2.26. The summed E-state index contributed by atoms with van der Waals surface area (Å²) >= 11 is 0. The van der Waals surface area contributed by atoms with E-state index in [1.54, 1.807) is 0 Å². The molecule has 2 aromatic heterocycles. The number of aromatic amines is 1. The van der Waals surface area contributed by atoms with Gasteiger partial charge in [0, 0.05) is 23.5 Å². The number of aromatic nitrogens is 5. The molecule has 3 heterocycles. The fourth-order valence-corrected chi connectivity index (χ4v) is 3.27. The predicted molar refractivity (Wildman–Crippen MR) is 92.6 cm³/mol. The number of hydrogen-bond donors (Lipinski definition) is 1. The molecule has 4 rings (SSSR count). The second kappa shape index (κ2) is 6.03. The molecule has 6 heteroatoms. The first kappa shape index (κ1) is 14.8. The molecule has 1 aliphatic rings. The highest BCUT2D eigenvalue weighted by Gasteiger charge is 2.31. The Morgan fingerprint density at radius 1 is 1.04 bits per heavy atom. The molecule has 0 radical (unpaired) electrons. The lowest BCUT2D eigenvalue weighted by atomic mass is 10.2. The summed E-state index contributed by atoms with van der Waals surface area (Å²) in [5, 5.41) is 7.51. The van der Waals surface area contributed by atoms with Crippen molar-refractivity contribution in [3.63, 3.8) is 0 Å². The summed E-state index contributed by atoms with van der Waals surface area (Å²) in [6, 6.07) is 12.2. The van der Waals surface area contributed by atoms with Crippen LogP contribution in [0.15, 0.2) is 36.4 Å². The van der Waals surface area contributed by atoms with Gasteiger partial charge in [-0.25, -0.2) is 15.0 Å². The van der Waals surface area contributed by atoms with Crippen LogP contribution in [0.5, 0.6) is 0 Å². The number of nitrogens with one attached hydrogen (secondary N) is 1. The quantitative estimate of drug-likeness (QED) is 0.802. The normalized spacial score (nSPS) is 17.4. The van der Waals surface area contributed by atoms with Crippen LogP contribution < -0.4 is 4.90 Å². The Morgan fingerprint density at radius 3 is 2.54 bits per heavy atom. The average molecular weight is 320 g/mol. The summed E-state index contributed by atoms with van der Waals surface area (Å²) in [4.78, 5) is 16.2. The van der Waals surface area contributed by atoms with E-state index >= 15 is 0 Å². The molecular formula is C18H20N6. The van der Waals surface area contributed by atoms with Gasteiger partial charge in [0.2, 0.25) is 5.95 Å². The largest absolute Gasteiger partial charge is 0.331 e. The predicted octanol–water partition coefficient (Wildman–Crippen LogP) is 3.22. The van der Waals surface area contributed by atoms with Crippen LogP contribution in [0.1, 0.15) is 36.1 Å².